The van der Waals surface area contributed by atoms with Gasteiger partial charge in [-0.1, -0.05) is 23.4 Å². The first-order valence-electron chi connectivity index (χ1n) is 7.60. The summed E-state index contributed by atoms with van der Waals surface area (Å²) in [6, 6.07) is 7.55. The van der Waals surface area contributed by atoms with Gasteiger partial charge >= 0.3 is 5.97 Å². The number of aromatic nitrogens is 3. The number of nitrogens with one attached hydrogen (secondary N) is 1. The number of para-hydroxylation sites is 1. The molecule has 0 bridgehead atoms. The van der Waals surface area contributed by atoms with E-state index < -0.39 is 5.97 Å². The van der Waals surface area contributed by atoms with E-state index in [0.29, 0.717) is 18.8 Å². The highest BCUT2D eigenvalue weighted by molar-refractivity contribution is 5.89. The maximum Gasteiger partial charge on any atom is 0.327 e. The van der Waals surface area contributed by atoms with Gasteiger partial charge in [0.05, 0.1) is 19.9 Å². The van der Waals surface area contributed by atoms with Crippen LogP contribution in [0, 0.1) is 0 Å². The van der Waals surface area contributed by atoms with Crippen molar-refractivity contribution in [1.82, 2.24) is 15.0 Å². The Bertz CT molecular complexity index is 699. The predicted molar refractivity (Wildman–Crippen MR) is 86.6 cm³/mol. The summed E-state index contributed by atoms with van der Waals surface area (Å²) in [6.07, 6.45) is 2.32. The van der Waals surface area contributed by atoms with E-state index in [0.717, 1.165) is 11.3 Å². The highest BCUT2D eigenvalue weighted by Crippen LogP contribution is 2.18. The third-order valence-electron chi connectivity index (χ3n) is 3.22. The van der Waals surface area contributed by atoms with E-state index in [-0.39, 0.29) is 18.9 Å². The maximum atomic E-state index is 12.0. The van der Waals surface area contributed by atoms with E-state index in [1.807, 2.05) is 24.3 Å². The van der Waals surface area contributed by atoms with Crippen molar-refractivity contribution in [2.24, 2.45) is 0 Å². The summed E-state index contributed by atoms with van der Waals surface area (Å²) in [5.74, 6) is 0.454. The lowest BCUT2D eigenvalue weighted by Gasteiger charge is -2.07. The van der Waals surface area contributed by atoms with Crippen molar-refractivity contribution in [2.75, 3.05) is 19.0 Å². The number of carbonyl (C=O) groups excluding carboxylic acids is 2. The largest absolute Gasteiger partial charge is 0.496 e. The number of hydrogen-bond donors (Lipinski definition) is 1. The number of esters is 1. The third kappa shape index (κ3) is 5.08. The molecule has 8 heteroatoms. The van der Waals surface area contributed by atoms with Gasteiger partial charge < -0.3 is 14.8 Å². The Morgan fingerprint density at radius 1 is 1.29 bits per heavy atom. The Hall–Kier alpha value is -2.90. The van der Waals surface area contributed by atoms with Crippen LogP contribution in [0.2, 0.25) is 0 Å². The monoisotopic (exact) mass is 332 g/mol. The number of aryl methyl sites for hydroxylation is 1. The first-order chi connectivity index (χ1) is 11.6. The van der Waals surface area contributed by atoms with Crippen LogP contribution in [0.5, 0.6) is 5.75 Å². The standard InChI is InChI=1S/C16H20N4O4/c1-3-24-16(22)11-20-10-14(18-19-20)17-15(21)9-8-12-6-4-5-7-13(12)23-2/h4-7,10H,3,8-9,11H2,1-2H3,(H,17,21). The minimum atomic E-state index is -0.406. The molecule has 0 aliphatic heterocycles. The summed E-state index contributed by atoms with van der Waals surface area (Å²) in [7, 11) is 1.60. The molecule has 1 aromatic heterocycles. The van der Waals surface area contributed by atoms with E-state index in [2.05, 4.69) is 15.6 Å². The van der Waals surface area contributed by atoms with Gasteiger partial charge in [0.1, 0.15) is 12.3 Å². The number of ether oxygens (including phenoxy) is 2. The Balaban J connectivity index is 1.84. The number of benzene rings is 1. The molecule has 1 aromatic carbocycles. The zero-order valence-corrected chi connectivity index (χ0v) is 13.7. The quantitative estimate of drug-likeness (QED) is 0.735. The summed E-state index contributed by atoms with van der Waals surface area (Å²) in [5, 5.41) is 10.2. The molecule has 8 nitrogen and oxygen atoms in total. The summed E-state index contributed by atoms with van der Waals surface area (Å²) < 4.78 is 11.4. The molecule has 1 amide bonds. The molecule has 0 atom stereocenters. The molecular weight excluding hydrogens is 312 g/mol. The number of amides is 1. The molecule has 0 aliphatic carbocycles. The Kier molecular flexibility index (Phi) is 6.30. The van der Waals surface area contributed by atoms with Crippen LogP contribution in [-0.4, -0.2) is 40.6 Å². The van der Waals surface area contributed by atoms with Gasteiger partial charge in [0.25, 0.3) is 0 Å². The van der Waals surface area contributed by atoms with Crippen LogP contribution in [0.4, 0.5) is 5.82 Å². The highest BCUT2D eigenvalue weighted by Gasteiger charge is 2.10. The average Bonchev–Trinajstić information content (AvgIpc) is 3.00. The number of carbonyl (C=O) groups is 2. The second kappa shape index (κ2) is 8.66. The Labute approximate surface area is 139 Å². The Morgan fingerprint density at radius 3 is 2.83 bits per heavy atom. The van der Waals surface area contributed by atoms with E-state index in [1.165, 1.54) is 10.9 Å². The van der Waals surface area contributed by atoms with Crippen LogP contribution < -0.4 is 10.1 Å². The summed E-state index contributed by atoms with van der Waals surface area (Å²) in [5.41, 5.74) is 0.959. The van der Waals surface area contributed by atoms with Crippen LogP contribution in [0.3, 0.4) is 0 Å². The van der Waals surface area contributed by atoms with Crippen molar-refractivity contribution < 1.29 is 19.1 Å². The smallest absolute Gasteiger partial charge is 0.327 e. The first-order valence-corrected chi connectivity index (χ1v) is 7.60. The third-order valence-corrected chi connectivity index (χ3v) is 3.22. The van der Waals surface area contributed by atoms with Gasteiger partial charge in [-0.2, -0.15) is 0 Å². The molecule has 0 aliphatic rings. The number of rotatable bonds is 8. The first kappa shape index (κ1) is 17.5. The van der Waals surface area contributed by atoms with Crippen molar-refractivity contribution in [3.63, 3.8) is 0 Å². The maximum absolute atomic E-state index is 12.0. The molecule has 0 saturated carbocycles. The number of methoxy groups -OCH3 is 1. The SMILES string of the molecule is CCOC(=O)Cn1cc(NC(=O)CCc2ccccc2OC)nn1. The predicted octanol–water partition coefficient (Wildman–Crippen LogP) is 1.42. The second-order valence-corrected chi connectivity index (χ2v) is 4.97. The van der Waals surface area contributed by atoms with Gasteiger partial charge in [-0.25, -0.2) is 4.68 Å². The lowest BCUT2D eigenvalue weighted by Crippen LogP contribution is -2.14. The van der Waals surface area contributed by atoms with E-state index in [4.69, 9.17) is 9.47 Å². The van der Waals surface area contributed by atoms with Gasteiger partial charge in [0.2, 0.25) is 5.91 Å². The Morgan fingerprint density at radius 2 is 2.08 bits per heavy atom. The molecule has 24 heavy (non-hydrogen) atoms. The van der Waals surface area contributed by atoms with Crippen molar-refractivity contribution in [2.45, 2.75) is 26.3 Å². The molecule has 0 unspecified atom stereocenters. The van der Waals surface area contributed by atoms with E-state index >= 15 is 0 Å². The fraction of sp³-hybridized carbons (Fsp3) is 0.375. The molecule has 1 N–H and O–H groups in total. The molecule has 2 aromatic rings. The van der Waals surface area contributed by atoms with Gasteiger partial charge in [-0.15, -0.1) is 5.10 Å². The molecular formula is C16H20N4O4. The minimum Gasteiger partial charge on any atom is -0.496 e. The van der Waals surface area contributed by atoms with Crippen molar-refractivity contribution in [1.29, 1.82) is 0 Å². The zero-order valence-electron chi connectivity index (χ0n) is 13.7. The van der Waals surface area contributed by atoms with Crippen molar-refractivity contribution in [3.8, 4) is 5.75 Å². The zero-order chi connectivity index (χ0) is 17.4. The van der Waals surface area contributed by atoms with Gasteiger partial charge in [0.15, 0.2) is 5.82 Å². The molecule has 0 fully saturated rings. The lowest BCUT2D eigenvalue weighted by molar-refractivity contribution is -0.144. The highest BCUT2D eigenvalue weighted by atomic mass is 16.5. The van der Waals surface area contributed by atoms with Crippen molar-refractivity contribution in [3.05, 3.63) is 36.0 Å². The molecule has 2 rings (SSSR count). The molecule has 0 spiro atoms. The molecule has 0 radical (unpaired) electrons. The lowest BCUT2D eigenvalue weighted by atomic mass is 10.1. The van der Waals surface area contributed by atoms with Crippen LogP contribution >= 0.6 is 0 Å². The summed E-state index contributed by atoms with van der Waals surface area (Å²) >= 11 is 0. The summed E-state index contributed by atoms with van der Waals surface area (Å²) in [6.45, 7) is 1.99. The summed E-state index contributed by atoms with van der Waals surface area (Å²) in [4.78, 5) is 23.4. The van der Waals surface area contributed by atoms with Gasteiger partial charge in [-0.05, 0) is 25.0 Å². The van der Waals surface area contributed by atoms with Crippen LogP contribution in [0.1, 0.15) is 18.9 Å². The second-order valence-electron chi connectivity index (χ2n) is 4.97. The van der Waals surface area contributed by atoms with Crippen LogP contribution in [0.25, 0.3) is 0 Å². The molecule has 1 heterocycles. The molecule has 128 valence electrons. The number of nitrogens with zero attached hydrogens (tertiary/aromatic N) is 3. The van der Waals surface area contributed by atoms with Crippen LogP contribution in [-0.2, 0) is 27.3 Å². The fourth-order valence-electron chi connectivity index (χ4n) is 2.13. The topological polar surface area (TPSA) is 95.3 Å². The fourth-order valence-corrected chi connectivity index (χ4v) is 2.13. The minimum absolute atomic E-state index is 0.0437. The van der Waals surface area contributed by atoms with E-state index in [1.54, 1.807) is 14.0 Å². The normalized spacial score (nSPS) is 10.2. The average molecular weight is 332 g/mol. The van der Waals surface area contributed by atoms with Gasteiger partial charge in [0, 0.05) is 6.42 Å². The van der Waals surface area contributed by atoms with Gasteiger partial charge in [-0.3, -0.25) is 9.59 Å². The number of hydrogen-bond acceptors (Lipinski definition) is 6. The van der Waals surface area contributed by atoms with E-state index in [9.17, 15) is 9.59 Å². The van der Waals surface area contributed by atoms with Crippen molar-refractivity contribution >= 4 is 17.7 Å². The molecule has 0 saturated heterocycles. The van der Waals surface area contributed by atoms with Crippen LogP contribution in [0.15, 0.2) is 30.5 Å². The number of anilines is 1.